The lowest BCUT2D eigenvalue weighted by Crippen LogP contribution is -2.36. The number of amides is 2. The van der Waals surface area contributed by atoms with Crippen molar-refractivity contribution < 1.29 is 9.59 Å². The van der Waals surface area contributed by atoms with Crippen LogP contribution < -0.4 is 10.6 Å². The van der Waals surface area contributed by atoms with Gasteiger partial charge < -0.3 is 10.6 Å². The molecular formula is C21H23N3O2S. The van der Waals surface area contributed by atoms with Crippen molar-refractivity contribution in [3.8, 4) is 0 Å². The van der Waals surface area contributed by atoms with Crippen molar-refractivity contribution in [3.63, 3.8) is 0 Å². The number of carbonyl (C=O) groups excluding carboxylic acids is 2. The molecule has 3 aromatic rings. The monoisotopic (exact) mass is 381 g/mol. The molecule has 27 heavy (non-hydrogen) atoms. The molecule has 140 valence electrons. The van der Waals surface area contributed by atoms with Crippen LogP contribution in [0.2, 0.25) is 0 Å². The van der Waals surface area contributed by atoms with Crippen LogP contribution in [0.4, 0.5) is 0 Å². The van der Waals surface area contributed by atoms with Crippen molar-refractivity contribution in [1.29, 1.82) is 0 Å². The minimum atomic E-state index is -0.259. The van der Waals surface area contributed by atoms with E-state index in [9.17, 15) is 9.59 Å². The average Bonchev–Trinajstić information content (AvgIpc) is 3.07. The fourth-order valence-corrected chi connectivity index (χ4v) is 3.52. The fourth-order valence-electron chi connectivity index (χ4n) is 2.62. The SMILES string of the molecule is CC(C)(C)c1ccc(C(=O)NCC(=O)NCc2nc3ccccc3s2)cc1. The van der Waals surface area contributed by atoms with E-state index in [-0.39, 0.29) is 23.8 Å². The number of hydrogen-bond acceptors (Lipinski definition) is 4. The number of nitrogens with one attached hydrogen (secondary N) is 2. The molecule has 0 aliphatic carbocycles. The molecule has 0 unspecified atom stereocenters. The summed E-state index contributed by atoms with van der Waals surface area (Å²) < 4.78 is 1.09. The van der Waals surface area contributed by atoms with Crippen molar-refractivity contribution in [1.82, 2.24) is 15.6 Å². The zero-order chi connectivity index (χ0) is 19.4. The van der Waals surface area contributed by atoms with Gasteiger partial charge in [-0.3, -0.25) is 9.59 Å². The number of carbonyl (C=O) groups is 2. The predicted octanol–water partition coefficient (Wildman–Crippen LogP) is 3.64. The number of aromatic nitrogens is 1. The number of rotatable bonds is 5. The molecule has 3 rings (SSSR count). The highest BCUT2D eigenvalue weighted by Crippen LogP contribution is 2.22. The van der Waals surface area contributed by atoms with E-state index in [1.54, 1.807) is 23.5 Å². The van der Waals surface area contributed by atoms with E-state index in [0.29, 0.717) is 12.1 Å². The van der Waals surface area contributed by atoms with Crippen LogP contribution in [0.15, 0.2) is 48.5 Å². The number of hydrogen-bond donors (Lipinski definition) is 2. The third kappa shape index (κ3) is 4.92. The molecule has 2 N–H and O–H groups in total. The van der Waals surface area contributed by atoms with Crippen LogP contribution in [0.1, 0.15) is 41.7 Å². The fraction of sp³-hybridized carbons (Fsp3) is 0.286. The molecule has 0 fully saturated rings. The van der Waals surface area contributed by atoms with Crippen molar-refractivity contribution in [3.05, 3.63) is 64.7 Å². The van der Waals surface area contributed by atoms with Crippen LogP contribution in [0.5, 0.6) is 0 Å². The van der Waals surface area contributed by atoms with Gasteiger partial charge in [0.05, 0.1) is 23.3 Å². The van der Waals surface area contributed by atoms with Gasteiger partial charge in [-0.25, -0.2) is 4.98 Å². The minimum Gasteiger partial charge on any atom is -0.348 e. The van der Waals surface area contributed by atoms with Gasteiger partial charge in [0.25, 0.3) is 5.91 Å². The van der Waals surface area contributed by atoms with Crippen LogP contribution in [-0.4, -0.2) is 23.3 Å². The largest absolute Gasteiger partial charge is 0.348 e. The summed E-state index contributed by atoms with van der Waals surface area (Å²) in [5.41, 5.74) is 2.67. The highest BCUT2D eigenvalue weighted by Gasteiger charge is 2.14. The topological polar surface area (TPSA) is 71.1 Å². The second-order valence-electron chi connectivity index (χ2n) is 7.36. The van der Waals surface area contributed by atoms with E-state index >= 15 is 0 Å². The molecule has 0 aliphatic heterocycles. The highest BCUT2D eigenvalue weighted by molar-refractivity contribution is 7.18. The molecule has 6 heteroatoms. The van der Waals surface area contributed by atoms with E-state index in [0.717, 1.165) is 20.8 Å². The number of fused-ring (bicyclic) bond motifs is 1. The Hall–Kier alpha value is -2.73. The van der Waals surface area contributed by atoms with Gasteiger partial charge in [-0.05, 0) is 35.2 Å². The molecule has 1 aromatic heterocycles. The molecule has 0 aliphatic rings. The van der Waals surface area contributed by atoms with Crippen molar-refractivity contribution in [2.24, 2.45) is 0 Å². The Morgan fingerprint density at radius 3 is 2.37 bits per heavy atom. The van der Waals surface area contributed by atoms with Gasteiger partial charge >= 0.3 is 0 Å². The smallest absolute Gasteiger partial charge is 0.251 e. The van der Waals surface area contributed by atoms with Gasteiger partial charge in [-0.2, -0.15) is 0 Å². The first kappa shape index (κ1) is 19.0. The van der Waals surface area contributed by atoms with Gasteiger partial charge in [0, 0.05) is 5.56 Å². The maximum absolute atomic E-state index is 12.2. The van der Waals surface area contributed by atoms with Gasteiger partial charge in [0.2, 0.25) is 5.91 Å². The summed E-state index contributed by atoms with van der Waals surface area (Å²) in [4.78, 5) is 28.7. The van der Waals surface area contributed by atoms with Gasteiger partial charge in [0.15, 0.2) is 0 Å². The Kier molecular flexibility index (Phi) is 5.56. The third-order valence-electron chi connectivity index (χ3n) is 4.20. The summed E-state index contributed by atoms with van der Waals surface area (Å²) in [7, 11) is 0. The average molecular weight is 382 g/mol. The Bertz CT molecular complexity index is 922. The van der Waals surface area contributed by atoms with Crippen LogP contribution >= 0.6 is 11.3 Å². The Morgan fingerprint density at radius 2 is 1.70 bits per heavy atom. The lowest BCUT2D eigenvalue weighted by atomic mass is 9.87. The first-order valence-electron chi connectivity index (χ1n) is 8.83. The highest BCUT2D eigenvalue weighted by atomic mass is 32.1. The number of para-hydroxylation sites is 1. The minimum absolute atomic E-state index is 0.0372. The second-order valence-corrected chi connectivity index (χ2v) is 8.48. The van der Waals surface area contributed by atoms with Crippen molar-refractivity contribution >= 4 is 33.4 Å². The maximum atomic E-state index is 12.2. The molecule has 0 atom stereocenters. The van der Waals surface area contributed by atoms with Crippen molar-refractivity contribution in [2.75, 3.05) is 6.54 Å². The zero-order valence-corrected chi connectivity index (χ0v) is 16.5. The van der Waals surface area contributed by atoms with Crippen LogP contribution in [0.3, 0.4) is 0 Å². The van der Waals surface area contributed by atoms with Gasteiger partial charge in [-0.1, -0.05) is 45.0 Å². The number of nitrogens with zero attached hydrogens (tertiary/aromatic N) is 1. The molecule has 2 amide bonds. The van der Waals surface area contributed by atoms with E-state index in [1.165, 1.54) is 0 Å². The Morgan fingerprint density at radius 1 is 1.00 bits per heavy atom. The molecule has 2 aromatic carbocycles. The summed E-state index contributed by atoms with van der Waals surface area (Å²) in [6.45, 7) is 6.66. The molecule has 0 radical (unpaired) electrons. The summed E-state index contributed by atoms with van der Waals surface area (Å²) in [6, 6.07) is 15.3. The second kappa shape index (κ2) is 7.88. The molecule has 0 spiro atoms. The summed E-state index contributed by atoms with van der Waals surface area (Å²) in [5, 5.41) is 6.28. The summed E-state index contributed by atoms with van der Waals surface area (Å²) in [5.74, 6) is -0.500. The zero-order valence-electron chi connectivity index (χ0n) is 15.7. The van der Waals surface area contributed by atoms with Crippen molar-refractivity contribution in [2.45, 2.75) is 32.7 Å². The van der Waals surface area contributed by atoms with Crippen LogP contribution in [0.25, 0.3) is 10.2 Å². The van der Waals surface area contributed by atoms with E-state index in [1.807, 2.05) is 36.4 Å². The lowest BCUT2D eigenvalue weighted by molar-refractivity contribution is -0.120. The molecule has 0 saturated carbocycles. The normalized spacial score (nSPS) is 11.4. The predicted molar refractivity (Wildman–Crippen MR) is 109 cm³/mol. The van der Waals surface area contributed by atoms with Gasteiger partial charge in [-0.15, -0.1) is 11.3 Å². The third-order valence-corrected chi connectivity index (χ3v) is 5.23. The van der Waals surface area contributed by atoms with Crippen LogP contribution in [-0.2, 0) is 16.8 Å². The first-order chi connectivity index (χ1) is 12.8. The molecular weight excluding hydrogens is 358 g/mol. The number of thiazole rings is 1. The van der Waals surface area contributed by atoms with Crippen LogP contribution in [0, 0.1) is 0 Å². The lowest BCUT2D eigenvalue weighted by Gasteiger charge is -2.19. The maximum Gasteiger partial charge on any atom is 0.251 e. The Labute approximate surface area is 162 Å². The summed E-state index contributed by atoms with van der Waals surface area (Å²) >= 11 is 1.55. The molecule has 0 saturated heterocycles. The molecule has 0 bridgehead atoms. The molecule has 5 nitrogen and oxygen atoms in total. The summed E-state index contributed by atoms with van der Waals surface area (Å²) in [6.07, 6.45) is 0. The quantitative estimate of drug-likeness (QED) is 0.709. The van der Waals surface area contributed by atoms with E-state index < -0.39 is 0 Å². The number of benzene rings is 2. The first-order valence-corrected chi connectivity index (χ1v) is 9.64. The molecule has 1 heterocycles. The standard InChI is InChI=1S/C21H23N3O2S/c1-21(2,3)15-10-8-14(9-11-15)20(26)23-12-18(25)22-13-19-24-16-6-4-5-7-17(16)27-19/h4-11H,12-13H2,1-3H3,(H,22,25)(H,23,26). The van der Waals surface area contributed by atoms with E-state index in [2.05, 4.69) is 36.4 Å². The Balaban J connectivity index is 1.49. The van der Waals surface area contributed by atoms with Gasteiger partial charge in [0.1, 0.15) is 5.01 Å². The van der Waals surface area contributed by atoms with E-state index in [4.69, 9.17) is 0 Å².